The van der Waals surface area contributed by atoms with Gasteiger partial charge in [0.15, 0.2) is 4.67 Å². The van der Waals surface area contributed by atoms with E-state index < -0.39 is 4.92 Å². The van der Waals surface area contributed by atoms with Gasteiger partial charge in [0.05, 0.1) is 34.8 Å². The van der Waals surface area contributed by atoms with E-state index in [4.69, 9.17) is 9.15 Å². The SMILES string of the molecule is COc1cc([N+](=O)[O-])ccc1NCc1cc(Br)c(Br)o1. The van der Waals surface area contributed by atoms with Gasteiger partial charge in [0.25, 0.3) is 5.69 Å². The number of methoxy groups -OCH3 is 1. The zero-order chi connectivity index (χ0) is 14.7. The quantitative estimate of drug-likeness (QED) is 0.591. The zero-order valence-electron chi connectivity index (χ0n) is 10.4. The van der Waals surface area contributed by atoms with Crippen molar-refractivity contribution < 1.29 is 14.1 Å². The number of ether oxygens (including phenoxy) is 1. The Morgan fingerprint density at radius 3 is 2.70 bits per heavy atom. The van der Waals surface area contributed by atoms with Gasteiger partial charge in [-0.25, -0.2) is 0 Å². The Hall–Kier alpha value is -1.54. The van der Waals surface area contributed by atoms with E-state index >= 15 is 0 Å². The molecule has 1 aromatic heterocycles. The van der Waals surface area contributed by atoms with Crippen LogP contribution in [0.15, 0.2) is 37.8 Å². The first-order valence-corrected chi connectivity index (χ1v) is 7.10. The van der Waals surface area contributed by atoms with Gasteiger partial charge in [-0.1, -0.05) is 0 Å². The molecule has 20 heavy (non-hydrogen) atoms. The smallest absolute Gasteiger partial charge is 0.273 e. The molecule has 0 fully saturated rings. The summed E-state index contributed by atoms with van der Waals surface area (Å²) in [6, 6.07) is 6.22. The lowest BCUT2D eigenvalue weighted by atomic mass is 10.2. The summed E-state index contributed by atoms with van der Waals surface area (Å²) in [7, 11) is 1.46. The van der Waals surface area contributed by atoms with Crippen LogP contribution in [-0.4, -0.2) is 12.0 Å². The second kappa shape index (κ2) is 6.27. The summed E-state index contributed by atoms with van der Waals surface area (Å²) in [5, 5.41) is 13.8. The van der Waals surface area contributed by atoms with Crippen molar-refractivity contribution in [3.63, 3.8) is 0 Å². The number of benzene rings is 1. The molecular formula is C12H10Br2N2O4. The number of anilines is 1. The highest BCUT2D eigenvalue weighted by Crippen LogP contribution is 2.31. The number of nitro groups is 1. The Bertz CT molecular complexity index is 623. The van der Waals surface area contributed by atoms with Crippen LogP contribution in [0.25, 0.3) is 0 Å². The second-order valence-corrected chi connectivity index (χ2v) is 5.40. The Morgan fingerprint density at radius 2 is 2.15 bits per heavy atom. The number of nitrogens with zero attached hydrogens (tertiary/aromatic N) is 1. The van der Waals surface area contributed by atoms with E-state index in [0.29, 0.717) is 28.4 Å². The first-order chi connectivity index (χ1) is 9.51. The van der Waals surface area contributed by atoms with Gasteiger partial charge in [-0.2, -0.15) is 0 Å². The van der Waals surface area contributed by atoms with Crippen LogP contribution >= 0.6 is 31.9 Å². The lowest BCUT2D eigenvalue weighted by molar-refractivity contribution is -0.384. The van der Waals surface area contributed by atoms with Crippen molar-refractivity contribution in [3.8, 4) is 5.75 Å². The van der Waals surface area contributed by atoms with Crippen LogP contribution in [0.1, 0.15) is 5.76 Å². The number of hydrogen-bond acceptors (Lipinski definition) is 5. The lowest BCUT2D eigenvalue weighted by Gasteiger charge is -2.09. The van der Waals surface area contributed by atoms with Gasteiger partial charge in [0.2, 0.25) is 0 Å². The minimum Gasteiger partial charge on any atom is -0.494 e. The number of non-ortho nitro benzene ring substituents is 1. The van der Waals surface area contributed by atoms with Crippen molar-refractivity contribution in [2.45, 2.75) is 6.54 Å². The summed E-state index contributed by atoms with van der Waals surface area (Å²) < 4.78 is 12.0. The minimum absolute atomic E-state index is 0.0177. The molecule has 2 rings (SSSR count). The van der Waals surface area contributed by atoms with Gasteiger partial charge < -0.3 is 14.5 Å². The van der Waals surface area contributed by atoms with Crippen LogP contribution in [-0.2, 0) is 6.54 Å². The Kier molecular flexibility index (Phi) is 4.66. The van der Waals surface area contributed by atoms with Crippen LogP contribution in [0.3, 0.4) is 0 Å². The molecule has 0 aliphatic carbocycles. The van der Waals surface area contributed by atoms with Gasteiger partial charge in [-0.3, -0.25) is 10.1 Å². The molecule has 2 aromatic rings. The highest BCUT2D eigenvalue weighted by molar-refractivity contribution is 9.13. The molecule has 0 atom stereocenters. The molecule has 0 saturated heterocycles. The summed E-state index contributed by atoms with van der Waals surface area (Å²) in [6.07, 6.45) is 0. The van der Waals surface area contributed by atoms with Crippen molar-refractivity contribution in [1.82, 2.24) is 0 Å². The minimum atomic E-state index is -0.465. The third-order valence-electron chi connectivity index (χ3n) is 2.55. The summed E-state index contributed by atoms with van der Waals surface area (Å²) in [5.41, 5.74) is 0.637. The molecule has 1 heterocycles. The zero-order valence-corrected chi connectivity index (χ0v) is 13.5. The van der Waals surface area contributed by atoms with Crippen molar-refractivity contribution in [2.24, 2.45) is 0 Å². The maximum Gasteiger partial charge on any atom is 0.273 e. The van der Waals surface area contributed by atoms with E-state index in [1.165, 1.54) is 19.2 Å². The molecule has 0 spiro atoms. The standard InChI is InChI=1S/C12H10Br2N2O4/c1-19-11-4-7(16(17)18)2-3-10(11)15-6-8-5-9(13)12(14)20-8/h2-5,15H,6H2,1H3. The lowest BCUT2D eigenvalue weighted by Crippen LogP contribution is -2.01. The van der Waals surface area contributed by atoms with Crippen LogP contribution in [0.4, 0.5) is 11.4 Å². The molecule has 0 aliphatic rings. The average Bonchev–Trinajstić information content (AvgIpc) is 2.75. The first-order valence-electron chi connectivity index (χ1n) is 5.51. The maximum atomic E-state index is 10.7. The fourth-order valence-corrected chi connectivity index (χ4v) is 2.26. The topological polar surface area (TPSA) is 77.5 Å². The predicted octanol–water partition coefficient (Wildman–Crippen LogP) is 4.33. The molecule has 106 valence electrons. The van der Waals surface area contributed by atoms with E-state index in [2.05, 4.69) is 37.2 Å². The number of hydrogen-bond donors (Lipinski definition) is 1. The highest BCUT2D eigenvalue weighted by atomic mass is 79.9. The third kappa shape index (κ3) is 3.31. The molecule has 0 aliphatic heterocycles. The molecule has 0 unspecified atom stereocenters. The molecule has 0 radical (unpaired) electrons. The van der Waals surface area contributed by atoms with Gasteiger partial charge >= 0.3 is 0 Å². The molecule has 0 bridgehead atoms. The number of halogens is 2. The summed E-state index contributed by atoms with van der Waals surface area (Å²) in [4.78, 5) is 10.2. The van der Waals surface area contributed by atoms with Crippen LogP contribution in [0.2, 0.25) is 0 Å². The normalized spacial score (nSPS) is 10.3. The van der Waals surface area contributed by atoms with Crippen molar-refractivity contribution in [3.05, 3.63) is 49.3 Å². The summed E-state index contributed by atoms with van der Waals surface area (Å²) >= 11 is 6.58. The van der Waals surface area contributed by atoms with E-state index in [0.717, 1.165) is 4.47 Å². The number of nitro benzene ring substituents is 1. The number of furan rings is 1. The molecule has 0 saturated carbocycles. The highest BCUT2D eigenvalue weighted by Gasteiger charge is 2.12. The molecule has 8 heteroatoms. The van der Waals surface area contributed by atoms with Gasteiger partial charge in [0, 0.05) is 6.07 Å². The van der Waals surface area contributed by atoms with E-state index in [9.17, 15) is 10.1 Å². The first kappa shape index (κ1) is 14.9. The van der Waals surface area contributed by atoms with E-state index in [1.807, 2.05) is 6.07 Å². The van der Waals surface area contributed by atoms with Crippen molar-refractivity contribution >= 4 is 43.2 Å². The van der Waals surface area contributed by atoms with Crippen LogP contribution in [0, 0.1) is 10.1 Å². The van der Waals surface area contributed by atoms with Gasteiger partial charge in [-0.15, -0.1) is 0 Å². The van der Waals surface area contributed by atoms with Crippen LogP contribution < -0.4 is 10.1 Å². The number of nitrogens with one attached hydrogen (secondary N) is 1. The molecule has 1 N–H and O–H groups in total. The Balaban J connectivity index is 2.14. The molecule has 0 amide bonds. The number of rotatable bonds is 5. The molecule has 6 nitrogen and oxygen atoms in total. The van der Waals surface area contributed by atoms with Crippen LogP contribution in [0.5, 0.6) is 5.75 Å². The monoisotopic (exact) mass is 404 g/mol. The fourth-order valence-electron chi connectivity index (χ4n) is 1.60. The van der Waals surface area contributed by atoms with E-state index in [-0.39, 0.29) is 5.69 Å². The summed E-state index contributed by atoms with van der Waals surface area (Å²) in [6.45, 7) is 0.429. The second-order valence-electron chi connectivity index (χ2n) is 3.83. The third-order valence-corrected chi connectivity index (χ3v) is 4.26. The maximum absolute atomic E-state index is 10.7. The van der Waals surface area contributed by atoms with Gasteiger partial charge in [-0.05, 0) is 44.0 Å². The average molecular weight is 406 g/mol. The predicted molar refractivity (Wildman–Crippen MR) is 81.1 cm³/mol. The van der Waals surface area contributed by atoms with Gasteiger partial charge in [0.1, 0.15) is 11.5 Å². The largest absolute Gasteiger partial charge is 0.494 e. The van der Waals surface area contributed by atoms with Crippen molar-refractivity contribution in [1.29, 1.82) is 0 Å². The molecular weight excluding hydrogens is 396 g/mol. The Labute approximate surface area is 131 Å². The fraction of sp³-hybridized carbons (Fsp3) is 0.167. The van der Waals surface area contributed by atoms with E-state index in [1.54, 1.807) is 6.07 Å². The Morgan fingerprint density at radius 1 is 1.40 bits per heavy atom. The van der Waals surface area contributed by atoms with Crippen molar-refractivity contribution in [2.75, 3.05) is 12.4 Å². The molecule has 1 aromatic carbocycles. The summed E-state index contributed by atoms with van der Waals surface area (Å²) in [5.74, 6) is 1.12.